The van der Waals surface area contributed by atoms with Crippen molar-refractivity contribution in [1.82, 2.24) is 5.32 Å². The molecule has 1 atom stereocenters. The monoisotopic (exact) mass is 301 g/mol. The Bertz CT molecular complexity index is 620. The highest BCUT2D eigenvalue weighted by atomic mass is 32.1. The molecular weight excluding hydrogens is 286 g/mol. The van der Waals surface area contributed by atoms with Crippen LogP contribution in [-0.4, -0.2) is 19.0 Å². The van der Waals surface area contributed by atoms with E-state index < -0.39 is 12.0 Å². The quantitative estimate of drug-likeness (QED) is 0.682. The third-order valence-corrected chi connectivity index (χ3v) is 3.53. The van der Waals surface area contributed by atoms with Crippen LogP contribution in [0.1, 0.15) is 17.2 Å². The zero-order chi connectivity index (χ0) is 15.1. The van der Waals surface area contributed by atoms with E-state index in [9.17, 15) is 9.59 Å². The Balaban J connectivity index is 2.08. The highest BCUT2D eigenvalue weighted by Gasteiger charge is 2.22. The van der Waals surface area contributed by atoms with Gasteiger partial charge in [0.15, 0.2) is 6.04 Å². The van der Waals surface area contributed by atoms with E-state index in [1.54, 1.807) is 41.7 Å². The molecule has 0 radical (unpaired) electrons. The average Bonchev–Trinajstić information content (AvgIpc) is 3.04. The Kier molecular flexibility index (Phi) is 5.29. The van der Waals surface area contributed by atoms with Crippen LogP contribution in [0.25, 0.3) is 6.08 Å². The SMILES string of the molecule is COC(=O)C(NC(=O)C=Cc1ccsc1)c1ccccc1. The lowest BCUT2D eigenvalue weighted by Crippen LogP contribution is -2.33. The lowest BCUT2D eigenvalue weighted by atomic mass is 10.1. The van der Waals surface area contributed by atoms with Crippen molar-refractivity contribution < 1.29 is 14.3 Å². The molecule has 21 heavy (non-hydrogen) atoms. The van der Waals surface area contributed by atoms with Gasteiger partial charge in [0.1, 0.15) is 0 Å². The van der Waals surface area contributed by atoms with Crippen LogP contribution in [0.15, 0.2) is 53.2 Å². The van der Waals surface area contributed by atoms with Crippen LogP contribution in [0.2, 0.25) is 0 Å². The van der Waals surface area contributed by atoms with E-state index in [1.807, 2.05) is 22.9 Å². The molecule has 0 saturated heterocycles. The maximum absolute atomic E-state index is 11.9. The smallest absolute Gasteiger partial charge is 0.333 e. The number of carbonyl (C=O) groups is 2. The van der Waals surface area contributed by atoms with Crippen LogP contribution in [-0.2, 0) is 14.3 Å². The van der Waals surface area contributed by atoms with Crippen molar-refractivity contribution in [3.8, 4) is 0 Å². The highest BCUT2D eigenvalue weighted by Crippen LogP contribution is 2.14. The lowest BCUT2D eigenvalue weighted by molar-refractivity contribution is -0.144. The Labute approximate surface area is 127 Å². The molecule has 0 aliphatic carbocycles. The molecule has 1 aromatic carbocycles. The van der Waals surface area contributed by atoms with Crippen molar-refractivity contribution in [2.45, 2.75) is 6.04 Å². The summed E-state index contributed by atoms with van der Waals surface area (Å²) >= 11 is 1.55. The van der Waals surface area contributed by atoms with Gasteiger partial charge < -0.3 is 10.1 Å². The van der Waals surface area contributed by atoms with Gasteiger partial charge in [0.05, 0.1) is 7.11 Å². The topological polar surface area (TPSA) is 55.4 Å². The molecule has 1 N–H and O–H groups in total. The zero-order valence-corrected chi connectivity index (χ0v) is 12.3. The number of amides is 1. The van der Waals surface area contributed by atoms with Crippen LogP contribution in [0, 0.1) is 0 Å². The first kappa shape index (κ1) is 15.0. The summed E-state index contributed by atoms with van der Waals surface area (Å²) in [6, 6.07) is 10.1. The summed E-state index contributed by atoms with van der Waals surface area (Å²) in [5.74, 6) is -0.848. The number of hydrogen-bond donors (Lipinski definition) is 1. The molecule has 0 spiro atoms. The number of esters is 1. The zero-order valence-electron chi connectivity index (χ0n) is 11.5. The van der Waals surface area contributed by atoms with E-state index in [1.165, 1.54) is 13.2 Å². The Morgan fingerprint density at radius 3 is 2.62 bits per heavy atom. The number of hydrogen-bond acceptors (Lipinski definition) is 4. The van der Waals surface area contributed by atoms with Gasteiger partial charge in [0.2, 0.25) is 5.91 Å². The number of carbonyl (C=O) groups excluding carboxylic acids is 2. The van der Waals surface area contributed by atoms with Crippen LogP contribution in [0.4, 0.5) is 0 Å². The Morgan fingerprint density at radius 1 is 1.24 bits per heavy atom. The summed E-state index contributed by atoms with van der Waals surface area (Å²) in [6.45, 7) is 0. The summed E-state index contributed by atoms with van der Waals surface area (Å²) in [5, 5.41) is 6.51. The van der Waals surface area contributed by atoms with Crippen LogP contribution in [0.3, 0.4) is 0 Å². The first-order valence-electron chi connectivity index (χ1n) is 6.34. The van der Waals surface area contributed by atoms with E-state index in [0.29, 0.717) is 5.56 Å². The predicted octanol–water partition coefficient (Wildman–Crippen LogP) is 2.79. The summed E-state index contributed by atoms with van der Waals surface area (Å²) in [7, 11) is 1.30. The molecule has 1 heterocycles. The minimum atomic E-state index is -0.809. The fourth-order valence-corrected chi connectivity index (χ4v) is 2.40. The van der Waals surface area contributed by atoms with E-state index in [-0.39, 0.29) is 5.91 Å². The van der Waals surface area contributed by atoms with Crippen molar-refractivity contribution >= 4 is 29.3 Å². The largest absolute Gasteiger partial charge is 0.467 e. The molecule has 1 aromatic heterocycles. The second-order valence-electron chi connectivity index (χ2n) is 4.27. The highest BCUT2D eigenvalue weighted by molar-refractivity contribution is 7.08. The number of rotatable bonds is 5. The molecular formula is C16H15NO3S. The summed E-state index contributed by atoms with van der Waals surface area (Å²) in [4.78, 5) is 23.8. The van der Waals surface area contributed by atoms with Gasteiger partial charge in [-0.05, 0) is 34.0 Å². The molecule has 2 aromatic rings. The molecule has 1 amide bonds. The van der Waals surface area contributed by atoms with Crippen molar-refractivity contribution in [2.24, 2.45) is 0 Å². The molecule has 108 valence electrons. The van der Waals surface area contributed by atoms with Crippen molar-refractivity contribution in [3.63, 3.8) is 0 Å². The fourth-order valence-electron chi connectivity index (χ4n) is 1.77. The maximum Gasteiger partial charge on any atom is 0.333 e. The van der Waals surface area contributed by atoms with Crippen molar-refractivity contribution in [1.29, 1.82) is 0 Å². The second-order valence-corrected chi connectivity index (χ2v) is 5.05. The number of thiophene rings is 1. The molecule has 4 nitrogen and oxygen atoms in total. The molecule has 2 rings (SSSR count). The molecule has 1 unspecified atom stereocenters. The van der Waals surface area contributed by atoms with Gasteiger partial charge in [0.25, 0.3) is 0 Å². The third-order valence-electron chi connectivity index (χ3n) is 2.83. The van der Waals surface area contributed by atoms with Crippen LogP contribution < -0.4 is 5.32 Å². The summed E-state index contributed by atoms with van der Waals surface area (Å²) < 4.78 is 4.74. The standard InChI is InChI=1S/C16H15NO3S/c1-20-16(19)15(13-5-3-2-4-6-13)17-14(18)8-7-12-9-10-21-11-12/h2-11,15H,1H3,(H,17,18). The Hall–Kier alpha value is -2.40. The van der Waals surface area contributed by atoms with E-state index in [4.69, 9.17) is 4.74 Å². The fraction of sp³-hybridized carbons (Fsp3) is 0.125. The van der Waals surface area contributed by atoms with Crippen molar-refractivity contribution in [3.05, 3.63) is 64.4 Å². The second kappa shape index (κ2) is 7.40. The average molecular weight is 301 g/mol. The first-order valence-corrected chi connectivity index (χ1v) is 7.28. The molecule has 0 saturated carbocycles. The molecule has 0 aliphatic rings. The molecule has 0 bridgehead atoms. The number of benzene rings is 1. The van der Waals surface area contributed by atoms with Crippen LogP contribution in [0.5, 0.6) is 0 Å². The number of nitrogens with one attached hydrogen (secondary N) is 1. The minimum Gasteiger partial charge on any atom is -0.467 e. The van der Waals surface area contributed by atoms with Gasteiger partial charge in [0, 0.05) is 6.08 Å². The van der Waals surface area contributed by atoms with Gasteiger partial charge in [-0.25, -0.2) is 4.79 Å². The van der Waals surface area contributed by atoms with Gasteiger partial charge in [-0.1, -0.05) is 30.3 Å². The minimum absolute atomic E-state index is 0.347. The van der Waals surface area contributed by atoms with Gasteiger partial charge in [-0.3, -0.25) is 4.79 Å². The molecule has 0 aliphatic heterocycles. The lowest BCUT2D eigenvalue weighted by Gasteiger charge is -2.15. The first-order chi connectivity index (χ1) is 10.2. The Morgan fingerprint density at radius 2 is 2.00 bits per heavy atom. The van der Waals surface area contributed by atoms with E-state index in [0.717, 1.165) is 5.56 Å². The van der Waals surface area contributed by atoms with E-state index >= 15 is 0 Å². The third kappa shape index (κ3) is 4.29. The summed E-state index contributed by atoms with van der Waals surface area (Å²) in [6.07, 6.45) is 3.10. The van der Waals surface area contributed by atoms with Gasteiger partial charge >= 0.3 is 5.97 Å². The van der Waals surface area contributed by atoms with Crippen LogP contribution >= 0.6 is 11.3 Å². The number of ether oxygens (including phenoxy) is 1. The molecule has 5 heteroatoms. The maximum atomic E-state index is 11.9. The van der Waals surface area contributed by atoms with Gasteiger partial charge in [-0.15, -0.1) is 0 Å². The van der Waals surface area contributed by atoms with Crippen molar-refractivity contribution in [2.75, 3.05) is 7.11 Å². The summed E-state index contributed by atoms with van der Waals surface area (Å²) in [5.41, 5.74) is 1.63. The molecule has 0 fully saturated rings. The predicted molar refractivity (Wildman–Crippen MR) is 82.7 cm³/mol. The van der Waals surface area contributed by atoms with Gasteiger partial charge in [-0.2, -0.15) is 11.3 Å². The normalized spacial score (nSPS) is 12.0. The number of methoxy groups -OCH3 is 1. The van der Waals surface area contributed by atoms with E-state index in [2.05, 4.69) is 5.32 Å².